The maximum absolute atomic E-state index is 12.5. The lowest BCUT2D eigenvalue weighted by Crippen LogP contribution is -2.55. The van der Waals surface area contributed by atoms with Gasteiger partial charge in [-0.2, -0.15) is 0 Å². The minimum Gasteiger partial charge on any atom is -0.336 e. The normalized spacial score (nSPS) is 30.2. The van der Waals surface area contributed by atoms with Crippen LogP contribution in [0, 0.1) is 5.41 Å². The van der Waals surface area contributed by atoms with E-state index < -0.39 is 0 Å². The van der Waals surface area contributed by atoms with E-state index in [1.165, 1.54) is 4.88 Å². The summed E-state index contributed by atoms with van der Waals surface area (Å²) in [5.74, 6) is 0.359. The molecular formula is C14H20N2OS. The summed E-state index contributed by atoms with van der Waals surface area (Å²) in [5, 5.41) is 5.65. The highest BCUT2D eigenvalue weighted by atomic mass is 32.1. The van der Waals surface area contributed by atoms with Gasteiger partial charge in [-0.15, -0.1) is 11.3 Å². The van der Waals surface area contributed by atoms with E-state index in [2.05, 4.69) is 41.6 Å². The molecule has 0 spiro atoms. The molecule has 1 N–H and O–H groups in total. The minimum absolute atomic E-state index is 0.0500. The zero-order valence-corrected chi connectivity index (χ0v) is 11.8. The maximum Gasteiger partial charge on any atom is 0.228 e. The molecule has 1 aromatic heterocycles. The molecule has 1 amide bonds. The maximum atomic E-state index is 12.5. The van der Waals surface area contributed by atoms with Crippen molar-refractivity contribution in [2.45, 2.75) is 38.8 Å². The number of hydrogen-bond acceptors (Lipinski definition) is 3. The predicted molar refractivity (Wildman–Crippen MR) is 73.6 cm³/mol. The smallest absolute Gasteiger partial charge is 0.228 e. The van der Waals surface area contributed by atoms with Crippen LogP contribution in [0.4, 0.5) is 0 Å². The standard InChI is InChI=1S/C14H20N2OS/c1-10-8-15-11(12-4-3-7-18-12)9-16(10)13(17)14(2)5-6-14/h3-4,7,10-11,15H,5-6,8-9H2,1-2H3/t10-,11?/m1/s1. The Kier molecular flexibility index (Phi) is 2.94. The van der Waals surface area contributed by atoms with Gasteiger partial charge < -0.3 is 10.2 Å². The summed E-state index contributed by atoms with van der Waals surface area (Å²) in [4.78, 5) is 15.9. The van der Waals surface area contributed by atoms with Gasteiger partial charge in [0.25, 0.3) is 0 Å². The summed E-state index contributed by atoms with van der Waals surface area (Å²) in [6.45, 7) is 5.95. The number of thiophene rings is 1. The Morgan fingerprint density at radius 3 is 2.94 bits per heavy atom. The third kappa shape index (κ3) is 2.08. The van der Waals surface area contributed by atoms with Crippen LogP contribution < -0.4 is 5.32 Å². The molecule has 4 heteroatoms. The molecule has 2 atom stereocenters. The van der Waals surface area contributed by atoms with E-state index in [1.807, 2.05) is 0 Å². The zero-order chi connectivity index (χ0) is 12.8. The molecule has 2 heterocycles. The highest BCUT2D eigenvalue weighted by molar-refractivity contribution is 7.10. The second-order valence-corrected chi connectivity index (χ2v) is 6.82. The van der Waals surface area contributed by atoms with E-state index in [-0.39, 0.29) is 5.41 Å². The van der Waals surface area contributed by atoms with Crippen LogP contribution in [0.25, 0.3) is 0 Å². The Morgan fingerprint density at radius 2 is 2.33 bits per heavy atom. The van der Waals surface area contributed by atoms with E-state index in [0.29, 0.717) is 18.0 Å². The summed E-state index contributed by atoms with van der Waals surface area (Å²) in [5.41, 5.74) is -0.0500. The van der Waals surface area contributed by atoms with E-state index in [0.717, 1.165) is 25.9 Å². The molecule has 1 unspecified atom stereocenters. The van der Waals surface area contributed by atoms with E-state index in [9.17, 15) is 4.79 Å². The second kappa shape index (κ2) is 4.35. The van der Waals surface area contributed by atoms with Crippen LogP contribution in [0.2, 0.25) is 0 Å². The van der Waals surface area contributed by atoms with Crippen LogP contribution in [0.15, 0.2) is 17.5 Å². The van der Waals surface area contributed by atoms with Crippen LogP contribution in [0.3, 0.4) is 0 Å². The van der Waals surface area contributed by atoms with Gasteiger partial charge in [0, 0.05) is 29.4 Å². The lowest BCUT2D eigenvalue weighted by molar-refractivity contribution is -0.140. The fourth-order valence-electron chi connectivity index (χ4n) is 2.58. The first kappa shape index (κ1) is 12.2. The van der Waals surface area contributed by atoms with Crippen molar-refractivity contribution in [1.82, 2.24) is 10.2 Å². The van der Waals surface area contributed by atoms with E-state index in [1.54, 1.807) is 11.3 Å². The number of carbonyl (C=O) groups excluding carboxylic acids is 1. The molecule has 1 aliphatic carbocycles. The van der Waals surface area contributed by atoms with Crippen LogP contribution in [0.1, 0.15) is 37.6 Å². The number of carbonyl (C=O) groups is 1. The quantitative estimate of drug-likeness (QED) is 0.889. The number of nitrogens with one attached hydrogen (secondary N) is 1. The fourth-order valence-corrected chi connectivity index (χ4v) is 3.37. The lowest BCUT2D eigenvalue weighted by Gasteiger charge is -2.40. The van der Waals surface area contributed by atoms with Gasteiger partial charge >= 0.3 is 0 Å². The largest absolute Gasteiger partial charge is 0.336 e. The highest BCUT2D eigenvalue weighted by Crippen LogP contribution is 2.47. The van der Waals surface area contributed by atoms with Gasteiger partial charge in [0.05, 0.1) is 6.04 Å². The van der Waals surface area contributed by atoms with Gasteiger partial charge in [-0.25, -0.2) is 0 Å². The average Bonchev–Trinajstić information content (AvgIpc) is 2.92. The van der Waals surface area contributed by atoms with Crippen molar-refractivity contribution in [2.24, 2.45) is 5.41 Å². The summed E-state index contributed by atoms with van der Waals surface area (Å²) < 4.78 is 0. The molecule has 3 nitrogen and oxygen atoms in total. The third-order valence-corrected chi connectivity index (χ3v) is 5.22. The zero-order valence-electron chi connectivity index (χ0n) is 11.0. The van der Waals surface area contributed by atoms with Crippen LogP contribution in [-0.4, -0.2) is 29.9 Å². The van der Waals surface area contributed by atoms with Gasteiger partial charge in [-0.3, -0.25) is 4.79 Å². The summed E-state index contributed by atoms with van der Waals surface area (Å²) in [7, 11) is 0. The molecule has 0 bridgehead atoms. The Bertz CT molecular complexity index is 439. The second-order valence-electron chi connectivity index (χ2n) is 5.84. The first-order valence-electron chi connectivity index (χ1n) is 6.68. The summed E-state index contributed by atoms with van der Waals surface area (Å²) in [6.07, 6.45) is 2.12. The van der Waals surface area contributed by atoms with Crippen molar-refractivity contribution in [2.75, 3.05) is 13.1 Å². The van der Waals surface area contributed by atoms with Crippen molar-refractivity contribution >= 4 is 17.2 Å². The molecule has 1 aliphatic heterocycles. The van der Waals surface area contributed by atoms with Crippen molar-refractivity contribution in [3.05, 3.63) is 22.4 Å². The summed E-state index contributed by atoms with van der Waals surface area (Å²) >= 11 is 1.77. The lowest BCUT2D eigenvalue weighted by atomic mass is 10.0. The molecule has 1 aromatic rings. The SMILES string of the molecule is C[C@@H]1CNC(c2cccs2)CN1C(=O)C1(C)CC1. The number of piperazine rings is 1. The molecule has 98 valence electrons. The van der Waals surface area contributed by atoms with E-state index >= 15 is 0 Å². The molecule has 1 saturated carbocycles. The Balaban J connectivity index is 1.75. The molecule has 0 radical (unpaired) electrons. The number of hydrogen-bond donors (Lipinski definition) is 1. The number of rotatable bonds is 2. The van der Waals surface area contributed by atoms with Crippen LogP contribution >= 0.6 is 11.3 Å². The Labute approximate surface area is 112 Å². The fraction of sp³-hybridized carbons (Fsp3) is 0.643. The average molecular weight is 264 g/mol. The monoisotopic (exact) mass is 264 g/mol. The molecule has 1 saturated heterocycles. The first-order chi connectivity index (χ1) is 8.60. The van der Waals surface area contributed by atoms with Gasteiger partial charge in [0.15, 0.2) is 0 Å². The summed E-state index contributed by atoms with van der Waals surface area (Å²) in [6, 6.07) is 4.85. The van der Waals surface area contributed by atoms with Gasteiger partial charge in [0.2, 0.25) is 5.91 Å². The van der Waals surface area contributed by atoms with E-state index in [4.69, 9.17) is 0 Å². The molecule has 2 aliphatic rings. The van der Waals surface area contributed by atoms with Crippen LogP contribution in [0.5, 0.6) is 0 Å². The van der Waals surface area contributed by atoms with Crippen molar-refractivity contribution < 1.29 is 4.79 Å². The predicted octanol–water partition coefficient (Wildman–Crippen LogP) is 2.41. The van der Waals surface area contributed by atoms with Crippen LogP contribution in [-0.2, 0) is 4.79 Å². The van der Waals surface area contributed by atoms with Crippen molar-refractivity contribution in [3.8, 4) is 0 Å². The molecule has 2 fully saturated rings. The number of amides is 1. The first-order valence-corrected chi connectivity index (χ1v) is 7.56. The molecular weight excluding hydrogens is 244 g/mol. The van der Waals surface area contributed by atoms with Gasteiger partial charge in [-0.1, -0.05) is 13.0 Å². The Morgan fingerprint density at radius 1 is 1.56 bits per heavy atom. The van der Waals surface area contributed by atoms with Gasteiger partial charge in [-0.05, 0) is 31.2 Å². The van der Waals surface area contributed by atoms with Gasteiger partial charge in [0.1, 0.15) is 0 Å². The van der Waals surface area contributed by atoms with Crippen molar-refractivity contribution in [3.63, 3.8) is 0 Å². The molecule has 3 rings (SSSR count). The highest BCUT2D eigenvalue weighted by Gasteiger charge is 2.48. The Hall–Kier alpha value is -0.870. The number of nitrogens with zero attached hydrogens (tertiary/aromatic N) is 1. The third-order valence-electron chi connectivity index (χ3n) is 4.23. The molecule has 0 aromatic carbocycles. The minimum atomic E-state index is -0.0500. The molecule has 18 heavy (non-hydrogen) atoms. The van der Waals surface area contributed by atoms with Crippen molar-refractivity contribution in [1.29, 1.82) is 0 Å². The topological polar surface area (TPSA) is 32.3 Å².